The van der Waals surface area contributed by atoms with Crippen LogP contribution >= 0.6 is 15.9 Å². The van der Waals surface area contributed by atoms with Gasteiger partial charge >= 0.3 is 0 Å². The van der Waals surface area contributed by atoms with Crippen LogP contribution in [0.2, 0.25) is 0 Å². The van der Waals surface area contributed by atoms with Crippen LogP contribution in [0.3, 0.4) is 0 Å². The first-order chi connectivity index (χ1) is 6.70. The molecule has 2 rings (SSSR count). The quantitative estimate of drug-likeness (QED) is 0.788. The zero-order valence-electron chi connectivity index (χ0n) is 8.45. The number of aromatic nitrogens is 3. The minimum Gasteiger partial charge on any atom is -0.382 e. The first-order valence-corrected chi connectivity index (χ1v) is 5.23. The number of hydrogen-bond donors (Lipinski definition) is 1. The molecule has 2 aromatic rings. The normalized spacial score (nSPS) is 9.71. The maximum Gasteiger partial charge on any atom is 0.152 e. The van der Waals surface area contributed by atoms with E-state index in [1.807, 2.05) is 27.0 Å². The lowest BCUT2D eigenvalue weighted by Gasteiger charge is -1.95. The number of anilines is 1. The second-order valence-electron chi connectivity index (χ2n) is 2.56. The van der Waals surface area contributed by atoms with E-state index in [0.29, 0.717) is 5.82 Å². The number of hydrogen-bond acceptors (Lipinski definition) is 3. The van der Waals surface area contributed by atoms with E-state index in [-0.39, 0.29) is 0 Å². The summed E-state index contributed by atoms with van der Waals surface area (Å²) < 4.78 is 2.67. The van der Waals surface area contributed by atoms with Crippen molar-refractivity contribution < 1.29 is 0 Å². The van der Waals surface area contributed by atoms with Crippen molar-refractivity contribution in [1.29, 1.82) is 0 Å². The summed E-state index contributed by atoms with van der Waals surface area (Å²) >= 11 is 3.42. The first kappa shape index (κ1) is 11.0. The average molecular weight is 257 g/mol. The summed E-state index contributed by atoms with van der Waals surface area (Å²) in [4.78, 5) is 3.90. The smallest absolute Gasteiger partial charge is 0.152 e. The number of rotatable bonds is 0. The number of nitrogen functional groups attached to an aromatic ring is 1. The second kappa shape index (κ2) is 4.41. The minimum absolute atomic E-state index is 0.491. The van der Waals surface area contributed by atoms with Crippen molar-refractivity contribution in [3.63, 3.8) is 0 Å². The van der Waals surface area contributed by atoms with E-state index in [4.69, 9.17) is 5.73 Å². The van der Waals surface area contributed by atoms with Crippen molar-refractivity contribution in [3.05, 3.63) is 22.6 Å². The Balaban J connectivity index is 0.000000461. The SMILES string of the molecule is CC.Cc1cn2ncnc(N)c2c1Br. The Bertz CT molecular complexity index is 436. The summed E-state index contributed by atoms with van der Waals surface area (Å²) in [6.45, 7) is 5.98. The Morgan fingerprint density at radius 3 is 2.64 bits per heavy atom. The number of nitrogens with zero attached hydrogens (tertiary/aromatic N) is 3. The van der Waals surface area contributed by atoms with E-state index >= 15 is 0 Å². The van der Waals surface area contributed by atoms with E-state index in [9.17, 15) is 0 Å². The maximum atomic E-state index is 5.67. The van der Waals surface area contributed by atoms with Crippen molar-refractivity contribution >= 4 is 27.3 Å². The van der Waals surface area contributed by atoms with Crippen LogP contribution in [0.15, 0.2) is 17.0 Å². The zero-order chi connectivity index (χ0) is 10.7. The molecule has 0 fully saturated rings. The molecule has 0 unspecified atom stereocenters. The molecule has 0 radical (unpaired) electrons. The fourth-order valence-corrected chi connectivity index (χ4v) is 1.60. The van der Waals surface area contributed by atoms with Gasteiger partial charge in [0.1, 0.15) is 11.8 Å². The molecule has 0 saturated heterocycles. The van der Waals surface area contributed by atoms with Gasteiger partial charge in [-0.25, -0.2) is 9.50 Å². The van der Waals surface area contributed by atoms with E-state index in [1.165, 1.54) is 6.33 Å². The van der Waals surface area contributed by atoms with E-state index in [2.05, 4.69) is 26.0 Å². The summed E-state index contributed by atoms with van der Waals surface area (Å²) in [5.41, 5.74) is 7.60. The Kier molecular flexibility index (Phi) is 3.46. The van der Waals surface area contributed by atoms with Gasteiger partial charge in [-0.3, -0.25) is 0 Å². The number of nitrogens with two attached hydrogens (primary N) is 1. The molecule has 0 atom stereocenters. The minimum atomic E-state index is 0.491. The maximum absolute atomic E-state index is 5.67. The predicted octanol–water partition coefficient (Wildman–Crippen LogP) is 2.41. The van der Waals surface area contributed by atoms with Crippen LogP contribution in [0.25, 0.3) is 5.52 Å². The molecule has 0 aromatic carbocycles. The molecule has 4 nitrogen and oxygen atoms in total. The molecule has 0 saturated carbocycles. The van der Waals surface area contributed by atoms with Gasteiger partial charge in [0.25, 0.3) is 0 Å². The molecule has 0 aliphatic heterocycles. The van der Waals surface area contributed by atoms with Crippen molar-refractivity contribution in [2.75, 3.05) is 5.73 Å². The van der Waals surface area contributed by atoms with Crippen molar-refractivity contribution in [3.8, 4) is 0 Å². The van der Waals surface area contributed by atoms with Gasteiger partial charge in [0, 0.05) is 6.20 Å². The van der Waals surface area contributed by atoms with Crippen LogP contribution in [-0.2, 0) is 0 Å². The van der Waals surface area contributed by atoms with Crippen LogP contribution in [0.1, 0.15) is 19.4 Å². The molecular formula is C9H13BrN4. The standard InChI is InChI=1S/C7H7BrN4.C2H6/c1-4-2-12-6(5(4)8)7(9)10-3-11-12;1-2/h2-3H,1H3,(H2,9,10,11);1-2H3. The molecule has 0 aliphatic carbocycles. The average Bonchev–Trinajstić information content (AvgIpc) is 2.47. The lowest BCUT2D eigenvalue weighted by Crippen LogP contribution is -1.97. The Labute approximate surface area is 91.3 Å². The summed E-state index contributed by atoms with van der Waals surface area (Å²) in [6.07, 6.45) is 3.34. The molecular weight excluding hydrogens is 244 g/mol. The Hall–Kier alpha value is -1.10. The molecule has 5 heteroatoms. The van der Waals surface area contributed by atoms with E-state index < -0.39 is 0 Å². The molecule has 2 heterocycles. The molecule has 0 amide bonds. The molecule has 76 valence electrons. The molecule has 0 bridgehead atoms. The number of fused-ring (bicyclic) bond motifs is 1. The van der Waals surface area contributed by atoms with Crippen LogP contribution in [-0.4, -0.2) is 14.6 Å². The lowest BCUT2D eigenvalue weighted by atomic mass is 10.4. The van der Waals surface area contributed by atoms with Gasteiger partial charge in [-0.2, -0.15) is 5.10 Å². The van der Waals surface area contributed by atoms with Crippen LogP contribution < -0.4 is 5.73 Å². The first-order valence-electron chi connectivity index (χ1n) is 4.44. The summed E-state index contributed by atoms with van der Waals surface area (Å²) in [6, 6.07) is 0. The third kappa shape index (κ3) is 1.72. The third-order valence-corrected chi connectivity index (χ3v) is 2.72. The monoisotopic (exact) mass is 256 g/mol. The largest absolute Gasteiger partial charge is 0.382 e. The van der Waals surface area contributed by atoms with Gasteiger partial charge in [0.15, 0.2) is 5.82 Å². The molecule has 0 spiro atoms. The highest BCUT2D eigenvalue weighted by Gasteiger charge is 2.07. The fraction of sp³-hybridized carbons (Fsp3) is 0.333. The highest BCUT2D eigenvalue weighted by molar-refractivity contribution is 9.10. The van der Waals surface area contributed by atoms with Crippen LogP contribution in [0.4, 0.5) is 5.82 Å². The topological polar surface area (TPSA) is 56.2 Å². The number of halogens is 1. The van der Waals surface area contributed by atoms with Gasteiger partial charge in [0.05, 0.1) is 4.47 Å². The summed E-state index contributed by atoms with van der Waals surface area (Å²) in [5.74, 6) is 0.491. The van der Waals surface area contributed by atoms with E-state index in [0.717, 1.165) is 15.6 Å². The Morgan fingerprint density at radius 2 is 2.07 bits per heavy atom. The van der Waals surface area contributed by atoms with Crippen molar-refractivity contribution in [2.24, 2.45) is 0 Å². The third-order valence-electron chi connectivity index (χ3n) is 1.71. The fourth-order valence-electron chi connectivity index (χ4n) is 1.12. The highest BCUT2D eigenvalue weighted by Crippen LogP contribution is 2.25. The lowest BCUT2D eigenvalue weighted by molar-refractivity contribution is 0.905. The van der Waals surface area contributed by atoms with Gasteiger partial charge in [-0.05, 0) is 28.4 Å². The Morgan fingerprint density at radius 1 is 1.43 bits per heavy atom. The van der Waals surface area contributed by atoms with Crippen LogP contribution in [0, 0.1) is 6.92 Å². The van der Waals surface area contributed by atoms with E-state index in [1.54, 1.807) is 4.52 Å². The van der Waals surface area contributed by atoms with Gasteiger partial charge in [0.2, 0.25) is 0 Å². The molecule has 2 aromatic heterocycles. The van der Waals surface area contributed by atoms with Crippen molar-refractivity contribution in [2.45, 2.75) is 20.8 Å². The highest BCUT2D eigenvalue weighted by atomic mass is 79.9. The van der Waals surface area contributed by atoms with Gasteiger partial charge in [-0.15, -0.1) is 0 Å². The molecule has 0 aliphatic rings. The van der Waals surface area contributed by atoms with Crippen LogP contribution in [0.5, 0.6) is 0 Å². The predicted molar refractivity (Wildman–Crippen MR) is 61.2 cm³/mol. The number of aryl methyl sites for hydroxylation is 1. The van der Waals surface area contributed by atoms with Gasteiger partial charge in [-0.1, -0.05) is 13.8 Å². The zero-order valence-corrected chi connectivity index (χ0v) is 10.0. The summed E-state index contributed by atoms with van der Waals surface area (Å²) in [7, 11) is 0. The molecule has 14 heavy (non-hydrogen) atoms. The molecule has 2 N–H and O–H groups in total. The summed E-state index contributed by atoms with van der Waals surface area (Å²) in [5, 5.41) is 4.02. The second-order valence-corrected chi connectivity index (χ2v) is 3.36. The van der Waals surface area contributed by atoms with Gasteiger partial charge < -0.3 is 5.73 Å². The van der Waals surface area contributed by atoms with Crippen molar-refractivity contribution in [1.82, 2.24) is 14.6 Å².